The van der Waals surface area contributed by atoms with Gasteiger partial charge in [-0.05, 0) is 31.5 Å². The van der Waals surface area contributed by atoms with Crippen molar-refractivity contribution in [1.29, 1.82) is 0 Å². The second-order valence-electron chi connectivity index (χ2n) is 6.22. The van der Waals surface area contributed by atoms with Gasteiger partial charge in [-0.2, -0.15) is 0 Å². The fraction of sp³-hybridized carbons (Fsp3) is 0.412. The van der Waals surface area contributed by atoms with Crippen LogP contribution in [0.4, 0.5) is 0 Å². The Kier molecular flexibility index (Phi) is 5.70. The van der Waals surface area contributed by atoms with Gasteiger partial charge in [0.05, 0.1) is 23.7 Å². The zero-order valence-electron chi connectivity index (χ0n) is 14.4. The molecular formula is C17H21N3O5S. The Bertz CT molecular complexity index is 872. The predicted molar refractivity (Wildman–Crippen MR) is 93.0 cm³/mol. The Morgan fingerprint density at radius 1 is 1.35 bits per heavy atom. The zero-order chi connectivity index (χ0) is 18.6. The third kappa shape index (κ3) is 4.69. The van der Waals surface area contributed by atoms with Crippen LogP contribution < -0.4 is 10.0 Å². The molecule has 1 aliphatic heterocycles. The van der Waals surface area contributed by atoms with E-state index in [2.05, 4.69) is 15.2 Å². The first-order chi connectivity index (χ1) is 12.4. The molecule has 1 saturated heterocycles. The molecule has 1 aromatic heterocycles. The highest BCUT2D eigenvalue weighted by molar-refractivity contribution is 7.89. The summed E-state index contributed by atoms with van der Waals surface area (Å²) >= 11 is 0. The highest BCUT2D eigenvalue weighted by atomic mass is 32.2. The number of nitrogens with one attached hydrogen (secondary N) is 2. The summed E-state index contributed by atoms with van der Waals surface area (Å²) < 4.78 is 37.5. The molecule has 140 valence electrons. The first kappa shape index (κ1) is 18.6. The lowest BCUT2D eigenvalue weighted by atomic mass is 10.1. The minimum absolute atomic E-state index is 0.0117. The molecule has 1 atom stereocenters. The summed E-state index contributed by atoms with van der Waals surface area (Å²) in [5.74, 6) is 0.602. The van der Waals surface area contributed by atoms with E-state index < -0.39 is 10.0 Å². The number of benzene rings is 1. The van der Waals surface area contributed by atoms with E-state index in [9.17, 15) is 13.2 Å². The van der Waals surface area contributed by atoms with Gasteiger partial charge >= 0.3 is 0 Å². The second kappa shape index (κ2) is 7.98. The van der Waals surface area contributed by atoms with Crippen LogP contribution in [0.1, 0.15) is 28.2 Å². The lowest BCUT2D eigenvalue weighted by Gasteiger charge is -2.10. The van der Waals surface area contributed by atoms with E-state index in [1.165, 1.54) is 12.1 Å². The highest BCUT2D eigenvalue weighted by Gasteiger charge is 2.19. The normalized spacial score (nSPS) is 17.3. The van der Waals surface area contributed by atoms with Crippen LogP contribution in [0.15, 0.2) is 39.8 Å². The number of aromatic nitrogens is 1. The van der Waals surface area contributed by atoms with Crippen molar-refractivity contribution >= 4 is 15.9 Å². The predicted octanol–water partition coefficient (Wildman–Crippen LogP) is 1.23. The molecule has 2 heterocycles. The number of hydrogen-bond donors (Lipinski definition) is 2. The van der Waals surface area contributed by atoms with Crippen molar-refractivity contribution in [3.8, 4) is 0 Å². The van der Waals surface area contributed by atoms with Crippen LogP contribution in [-0.4, -0.2) is 39.2 Å². The molecule has 0 spiro atoms. The molecule has 2 aromatic rings. The summed E-state index contributed by atoms with van der Waals surface area (Å²) in [7, 11) is -3.77. The third-order valence-electron chi connectivity index (χ3n) is 4.10. The van der Waals surface area contributed by atoms with E-state index in [-0.39, 0.29) is 17.3 Å². The van der Waals surface area contributed by atoms with Crippen LogP contribution in [0.2, 0.25) is 0 Å². The van der Waals surface area contributed by atoms with Gasteiger partial charge in [0, 0.05) is 30.7 Å². The molecule has 2 N–H and O–H groups in total. The molecule has 1 unspecified atom stereocenters. The van der Waals surface area contributed by atoms with Crippen molar-refractivity contribution in [3.63, 3.8) is 0 Å². The van der Waals surface area contributed by atoms with Crippen LogP contribution in [0.3, 0.4) is 0 Å². The minimum Gasteiger partial charge on any atom is -0.381 e. The second-order valence-corrected chi connectivity index (χ2v) is 7.99. The molecule has 0 aliphatic carbocycles. The number of nitrogens with zero attached hydrogens (tertiary/aromatic N) is 1. The molecule has 0 bridgehead atoms. The number of hydrogen-bond acceptors (Lipinski definition) is 6. The van der Waals surface area contributed by atoms with Crippen molar-refractivity contribution in [2.75, 3.05) is 19.8 Å². The number of carbonyl (C=O) groups is 1. The molecule has 0 saturated carbocycles. The Morgan fingerprint density at radius 3 is 2.88 bits per heavy atom. The molecule has 26 heavy (non-hydrogen) atoms. The molecule has 1 aromatic carbocycles. The smallest absolute Gasteiger partial charge is 0.251 e. The number of carbonyl (C=O) groups excluding carboxylic acids is 1. The molecule has 1 fully saturated rings. The maximum absolute atomic E-state index is 12.4. The SMILES string of the molecule is Cc1cc(CNS(=O)(=O)c2cccc(C(=O)NCC3CCOC3)c2)no1. The van der Waals surface area contributed by atoms with Gasteiger partial charge in [-0.25, -0.2) is 13.1 Å². The van der Waals surface area contributed by atoms with Crippen LogP contribution in [0.5, 0.6) is 0 Å². The van der Waals surface area contributed by atoms with Gasteiger partial charge in [-0.15, -0.1) is 0 Å². The summed E-state index contributed by atoms with van der Waals surface area (Å²) in [5.41, 5.74) is 0.780. The molecular weight excluding hydrogens is 358 g/mol. The fourth-order valence-corrected chi connectivity index (χ4v) is 3.69. The van der Waals surface area contributed by atoms with Crippen molar-refractivity contribution < 1.29 is 22.5 Å². The van der Waals surface area contributed by atoms with Gasteiger partial charge in [0.2, 0.25) is 10.0 Å². The molecule has 8 nitrogen and oxygen atoms in total. The van der Waals surface area contributed by atoms with E-state index in [0.717, 1.165) is 6.42 Å². The summed E-state index contributed by atoms with van der Waals surface area (Å²) in [4.78, 5) is 12.3. The zero-order valence-corrected chi connectivity index (χ0v) is 15.2. The minimum atomic E-state index is -3.77. The average Bonchev–Trinajstić information content (AvgIpc) is 3.29. The van der Waals surface area contributed by atoms with Gasteiger partial charge < -0.3 is 14.6 Å². The molecule has 1 aliphatic rings. The van der Waals surface area contributed by atoms with Gasteiger partial charge in [-0.3, -0.25) is 4.79 Å². The monoisotopic (exact) mass is 379 g/mol. The van der Waals surface area contributed by atoms with Gasteiger partial charge in [0.1, 0.15) is 5.76 Å². The van der Waals surface area contributed by atoms with Crippen LogP contribution in [0, 0.1) is 12.8 Å². The molecule has 3 rings (SSSR count). The first-order valence-corrected chi connectivity index (χ1v) is 9.80. The lowest BCUT2D eigenvalue weighted by molar-refractivity contribution is 0.0944. The van der Waals surface area contributed by atoms with E-state index in [1.54, 1.807) is 25.1 Å². The van der Waals surface area contributed by atoms with E-state index in [0.29, 0.717) is 42.7 Å². The topological polar surface area (TPSA) is 111 Å². The molecule has 9 heteroatoms. The van der Waals surface area contributed by atoms with E-state index in [4.69, 9.17) is 9.26 Å². The Labute approximate surface area is 152 Å². The number of rotatable bonds is 7. The van der Waals surface area contributed by atoms with Gasteiger partial charge in [0.25, 0.3) is 5.91 Å². The average molecular weight is 379 g/mol. The highest BCUT2D eigenvalue weighted by Crippen LogP contribution is 2.14. The van der Waals surface area contributed by atoms with Crippen molar-refractivity contribution in [2.45, 2.75) is 24.8 Å². The summed E-state index contributed by atoms with van der Waals surface area (Å²) in [6.07, 6.45) is 0.917. The summed E-state index contributed by atoms with van der Waals surface area (Å²) in [6.45, 7) is 3.60. The number of ether oxygens (including phenoxy) is 1. The Morgan fingerprint density at radius 2 is 2.19 bits per heavy atom. The summed E-state index contributed by atoms with van der Waals surface area (Å²) in [6, 6.07) is 7.58. The number of aryl methyl sites for hydroxylation is 1. The summed E-state index contributed by atoms with van der Waals surface area (Å²) in [5, 5.41) is 6.57. The lowest BCUT2D eigenvalue weighted by Crippen LogP contribution is -2.30. The van der Waals surface area contributed by atoms with E-state index >= 15 is 0 Å². The van der Waals surface area contributed by atoms with Crippen LogP contribution >= 0.6 is 0 Å². The number of sulfonamides is 1. The quantitative estimate of drug-likeness (QED) is 0.749. The van der Waals surface area contributed by atoms with Crippen LogP contribution in [-0.2, 0) is 21.3 Å². The van der Waals surface area contributed by atoms with Crippen molar-refractivity contribution in [3.05, 3.63) is 47.3 Å². The molecule has 1 amide bonds. The Balaban J connectivity index is 1.63. The fourth-order valence-electron chi connectivity index (χ4n) is 2.64. The van der Waals surface area contributed by atoms with Gasteiger partial charge in [0.15, 0.2) is 0 Å². The molecule has 0 radical (unpaired) electrons. The maximum atomic E-state index is 12.4. The van der Waals surface area contributed by atoms with Crippen molar-refractivity contribution in [1.82, 2.24) is 15.2 Å². The largest absolute Gasteiger partial charge is 0.381 e. The standard InChI is InChI=1S/C17H21N3O5S/c1-12-7-15(20-25-12)10-19-26(22,23)16-4-2-3-14(8-16)17(21)18-9-13-5-6-24-11-13/h2-4,7-8,13,19H,5-6,9-11H2,1H3,(H,18,21). The first-order valence-electron chi connectivity index (χ1n) is 8.32. The number of amides is 1. The van der Waals surface area contributed by atoms with Crippen molar-refractivity contribution in [2.24, 2.45) is 5.92 Å². The third-order valence-corrected chi connectivity index (χ3v) is 5.50. The van der Waals surface area contributed by atoms with Gasteiger partial charge in [-0.1, -0.05) is 11.2 Å². The van der Waals surface area contributed by atoms with E-state index in [1.807, 2.05) is 0 Å². The van der Waals surface area contributed by atoms with Crippen LogP contribution in [0.25, 0.3) is 0 Å². The Hall–Kier alpha value is -2.23. The maximum Gasteiger partial charge on any atom is 0.251 e.